The van der Waals surface area contributed by atoms with Gasteiger partial charge in [-0.15, -0.1) is 0 Å². The van der Waals surface area contributed by atoms with Gasteiger partial charge in [0.1, 0.15) is 0 Å². The Kier molecular flexibility index (Phi) is 4.80. The average molecular weight is 174 g/mol. The maximum atomic E-state index is 5.68. The third-order valence-electron chi connectivity index (χ3n) is 1.61. The van der Waals surface area contributed by atoms with E-state index in [2.05, 4.69) is 6.92 Å². The summed E-state index contributed by atoms with van der Waals surface area (Å²) in [5.41, 5.74) is 0. The Morgan fingerprint density at radius 2 is 1.33 bits per heavy atom. The normalized spacial score (nSPS) is 13.0. The summed E-state index contributed by atoms with van der Waals surface area (Å²) in [5, 5.41) is 0. The molecular formula is C10H22O2. The zero-order chi connectivity index (χ0) is 9.78. The molecule has 0 amide bonds. The van der Waals surface area contributed by atoms with Gasteiger partial charge in [0.2, 0.25) is 0 Å². The lowest BCUT2D eigenvalue weighted by Gasteiger charge is -2.32. The van der Waals surface area contributed by atoms with Gasteiger partial charge in [0.15, 0.2) is 5.79 Å². The lowest BCUT2D eigenvalue weighted by Crippen LogP contribution is -2.36. The van der Waals surface area contributed by atoms with Crippen molar-refractivity contribution in [1.82, 2.24) is 0 Å². The van der Waals surface area contributed by atoms with E-state index in [0.717, 1.165) is 6.42 Å². The second-order valence-electron chi connectivity index (χ2n) is 3.82. The second kappa shape index (κ2) is 4.83. The van der Waals surface area contributed by atoms with Crippen LogP contribution in [0.15, 0.2) is 0 Å². The quantitative estimate of drug-likeness (QED) is 0.596. The molecule has 74 valence electrons. The molecular weight excluding hydrogens is 152 g/mol. The van der Waals surface area contributed by atoms with E-state index in [4.69, 9.17) is 9.47 Å². The van der Waals surface area contributed by atoms with Crippen LogP contribution >= 0.6 is 0 Å². The predicted molar refractivity (Wildman–Crippen MR) is 51.1 cm³/mol. The minimum atomic E-state index is -0.414. The van der Waals surface area contributed by atoms with Gasteiger partial charge in [-0.25, -0.2) is 0 Å². The molecule has 0 rings (SSSR count). The summed E-state index contributed by atoms with van der Waals surface area (Å²) >= 11 is 0. The first-order valence-corrected chi connectivity index (χ1v) is 4.75. The topological polar surface area (TPSA) is 18.5 Å². The molecule has 0 aromatic heterocycles. The molecule has 0 heterocycles. The van der Waals surface area contributed by atoms with E-state index < -0.39 is 5.79 Å². The van der Waals surface area contributed by atoms with Gasteiger partial charge >= 0.3 is 0 Å². The van der Waals surface area contributed by atoms with Gasteiger partial charge in [-0.1, -0.05) is 6.92 Å². The van der Waals surface area contributed by atoms with Crippen molar-refractivity contribution in [3.63, 3.8) is 0 Å². The predicted octanol–water partition coefficient (Wildman–Crippen LogP) is 2.96. The Balaban J connectivity index is 4.04. The molecule has 12 heavy (non-hydrogen) atoms. The Hall–Kier alpha value is -0.0800. The lowest BCUT2D eigenvalue weighted by molar-refractivity contribution is -0.258. The van der Waals surface area contributed by atoms with Gasteiger partial charge in [-0.3, -0.25) is 0 Å². The van der Waals surface area contributed by atoms with Gasteiger partial charge in [-0.2, -0.15) is 0 Å². The summed E-state index contributed by atoms with van der Waals surface area (Å²) in [6.07, 6.45) is 1.31. The molecule has 0 saturated carbocycles. The van der Waals surface area contributed by atoms with Crippen LogP contribution in [0.2, 0.25) is 0 Å². The zero-order valence-corrected chi connectivity index (χ0v) is 9.18. The molecule has 0 N–H and O–H groups in total. The van der Waals surface area contributed by atoms with E-state index in [0.29, 0.717) is 0 Å². The summed E-state index contributed by atoms with van der Waals surface area (Å²) in [5.74, 6) is -0.414. The average Bonchev–Trinajstić information content (AvgIpc) is 1.83. The van der Waals surface area contributed by atoms with Crippen molar-refractivity contribution < 1.29 is 9.47 Å². The highest BCUT2D eigenvalue weighted by molar-refractivity contribution is 4.63. The highest BCUT2D eigenvalue weighted by Crippen LogP contribution is 2.20. The van der Waals surface area contributed by atoms with Crippen LogP contribution in [0.1, 0.15) is 48.0 Å². The minimum Gasteiger partial charge on any atom is -0.348 e. The summed E-state index contributed by atoms with van der Waals surface area (Å²) in [6, 6.07) is 0. The molecule has 0 aliphatic carbocycles. The molecule has 0 aliphatic rings. The third kappa shape index (κ3) is 4.73. The smallest absolute Gasteiger partial charge is 0.165 e. The van der Waals surface area contributed by atoms with Crippen LogP contribution in [0.5, 0.6) is 0 Å². The van der Waals surface area contributed by atoms with Gasteiger partial charge in [0.25, 0.3) is 0 Å². The Morgan fingerprint density at radius 1 is 1.00 bits per heavy atom. The fourth-order valence-electron chi connectivity index (χ4n) is 1.19. The van der Waals surface area contributed by atoms with Crippen molar-refractivity contribution in [3.05, 3.63) is 0 Å². The number of rotatable bonds is 5. The van der Waals surface area contributed by atoms with Gasteiger partial charge in [-0.05, 0) is 41.0 Å². The van der Waals surface area contributed by atoms with Crippen LogP contribution in [0.25, 0.3) is 0 Å². The van der Waals surface area contributed by atoms with Crippen LogP contribution < -0.4 is 0 Å². The molecule has 0 aromatic carbocycles. The summed E-state index contributed by atoms with van der Waals surface area (Å²) < 4.78 is 11.4. The zero-order valence-electron chi connectivity index (χ0n) is 9.18. The largest absolute Gasteiger partial charge is 0.348 e. The first-order valence-electron chi connectivity index (χ1n) is 4.75. The minimum absolute atomic E-state index is 0.216. The second-order valence-corrected chi connectivity index (χ2v) is 3.82. The third-order valence-corrected chi connectivity index (χ3v) is 1.61. The summed E-state index contributed by atoms with van der Waals surface area (Å²) in [4.78, 5) is 0. The molecule has 0 saturated heterocycles. The highest BCUT2D eigenvalue weighted by Gasteiger charge is 2.25. The van der Waals surface area contributed by atoms with Crippen molar-refractivity contribution >= 4 is 0 Å². The van der Waals surface area contributed by atoms with Crippen LogP contribution in [0.3, 0.4) is 0 Å². The maximum Gasteiger partial charge on any atom is 0.165 e. The highest BCUT2D eigenvalue weighted by atomic mass is 16.7. The standard InChI is InChI=1S/C10H22O2/c1-7-10(6,11-8(2)3)12-9(4)5/h8-9H,7H2,1-6H3. The van der Waals surface area contributed by atoms with Crippen molar-refractivity contribution in [2.75, 3.05) is 0 Å². The molecule has 0 bridgehead atoms. The maximum absolute atomic E-state index is 5.68. The van der Waals surface area contributed by atoms with Gasteiger partial charge in [0.05, 0.1) is 12.2 Å². The van der Waals surface area contributed by atoms with E-state index >= 15 is 0 Å². The number of hydrogen-bond acceptors (Lipinski definition) is 2. The van der Waals surface area contributed by atoms with E-state index in [1.165, 1.54) is 0 Å². The molecule has 0 radical (unpaired) electrons. The van der Waals surface area contributed by atoms with Crippen LogP contribution in [0, 0.1) is 0 Å². The molecule has 0 fully saturated rings. The molecule has 0 atom stereocenters. The number of hydrogen-bond donors (Lipinski definition) is 0. The molecule has 2 nitrogen and oxygen atoms in total. The van der Waals surface area contributed by atoms with Crippen molar-refractivity contribution in [2.45, 2.75) is 66.0 Å². The molecule has 0 unspecified atom stereocenters. The van der Waals surface area contributed by atoms with E-state index in [-0.39, 0.29) is 12.2 Å². The monoisotopic (exact) mass is 174 g/mol. The van der Waals surface area contributed by atoms with E-state index in [9.17, 15) is 0 Å². The molecule has 0 aliphatic heterocycles. The van der Waals surface area contributed by atoms with E-state index in [1.54, 1.807) is 0 Å². The Labute approximate surface area is 76.3 Å². The van der Waals surface area contributed by atoms with Gasteiger partial charge in [0, 0.05) is 0 Å². The molecule has 0 spiro atoms. The van der Waals surface area contributed by atoms with Crippen LogP contribution in [-0.4, -0.2) is 18.0 Å². The fourth-order valence-corrected chi connectivity index (χ4v) is 1.19. The molecule has 0 aromatic rings. The first kappa shape index (κ1) is 11.9. The van der Waals surface area contributed by atoms with Gasteiger partial charge < -0.3 is 9.47 Å². The summed E-state index contributed by atoms with van der Waals surface area (Å²) in [7, 11) is 0. The fraction of sp³-hybridized carbons (Fsp3) is 1.00. The van der Waals surface area contributed by atoms with E-state index in [1.807, 2.05) is 34.6 Å². The van der Waals surface area contributed by atoms with Crippen molar-refractivity contribution in [3.8, 4) is 0 Å². The Bertz CT molecular complexity index is 109. The first-order chi connectivity index (χ1) is 5.39. The van der Waals surface area contributed by atoms with Crippen molar-refractivity contribution in [2.24, 2.45) is 0 Å². The Morgan fingerprint density at radius 3 is 1.50 bits per heavy atom. The lowest BCUT2D eigenvalue weighted by atomic mass is 10.2. The van der Waals surface area contributed by atoms with Crippen LogP contribution in [0.4, 0.5) is 0 Å². The number of ether oxygens (including phenoxy) is 2. The van der Waals surface area contributed by atoms with Crippen LogP contribution in [-0.2, 0) is 9.47 Å². The summed E-state index contributed by atoms with van der Waals surface area (Å²) in [6.45, 7) is 12.2. The molecule has 2 heteroatoms. The van der Waals surface area contributed by atoms with Crippen molar-refractivity contribution in [1.29, 1.82) is 0 Å². The SMILES string of the molecule is CCC(C)(OC(C)C)OC(C)C.